The molecular weight excluding hydrogens is 186 g/mol. The molecule has 0 aliphatic heterocycles. The number of para-hydroxylation sites is 1. The molecule has 0 aliphatic carbocycles. The molecule has 0 radical (unpaired) electrons. The van der Waals surface area contributed by atoms with Gasteiger partial charge in [-0.3, -0.25) is 0 Å². The monoisotopic (exact) mass is 199 g/mol. The lowest BCUT2D eigenvalue weighted by Gasteiger charge is -2.07. The number of nitrogens with one attached hydrogen (secondary N) is 1. The van der Waals surface area contributed by atoms with Gasteiger partial charge in [-0.15, -0.1) is 0 Å². The Morgan fingerprint density at radius 1 is 0.733 bits per heavy atom. The zero-order chi connectivity index (χ0) is 10.7. The second-order valence-electron chi connectivity index (χ2n) is 3.38. The van der Waals surface area contributed by atoms with Crippen LogP contribution >= 0.6 is 0 Å². The van der Waals surface area contributed by atoms with Crippen LogP contribution in [0.2, 0.25) is 0 Å². The van der Waals surface area contributed by atoms with Crippen molar-refractivity contribution >= 4 is 22.7 Å². The Morgan fingerprint density at radius 2 is 1.33 bits per heavy atom. The number of benzene rings is 2. The van der Waals surface area contributed by atoms with Gasteiger partial charge in [0.05, 0.1) is 0 Å². The Kier molecular flexibility index (Phi) is 2.46. The van der Waals surface area contributed by atoms with Gasteiger partial charge in [-0.1, -0.05) is 18.2 Å². The normalized spacial score (nSPS) is 9.87. The predicted molar refractivity (Wildman–Crippen MR) is 65.0 cm³/mol. The molecule has 0 aliphatic rings. The molecular formula is C12H13N3. The summed E-state index contributed by atoms with van der Waals surface area (Å²) in [6.07, 6.45) is 0. The summed E-state index contributed by atoms with van der Waals surface area (Å²) in [6.45, 7) is 0. The van der Waals surface area contributed by atoms with Gasteiger partial charge in [0.2, 0.25) is 0 Å². The molecule has 0 fully saturated rings. The van der Waals surface area contributed by atoms with Crippen molar-refractivity contribution in [1.82, 2.24) is 0 Å². The molecule has 0 heterocycles. The minimum atomic E-state index is 0.661. The van der Waals surface area contributed by atoms with Crippen molar-refractivity contribution in [3.8, 4) is 0 Å². The summed E-state index contributed by atoms with van der Waals surface area (Å²) in [5.41, 5.74) is 14.6. The van der Waals surface area contributed by atoms with E-state index in [0.29, 0.717) is 11.4 Å². The maximum atomic E-state index is 5.69. The largest absolute Gasteiger partial charge is 0.399 e. The molecule has 0 saturated carbocycles. The van der Waals surface area contributed by atoms with Crippen molar-refractivity contribution in [2.45, 2.75) is 0 Å². The molecule has 0 aromatic heterocycles. The SMILES string of the molecule is Nc1cc(N)cc(Nc2ccccc2)c1. The Bertz CT molecular complexity index is 431. The van der Waals surface area contributed by atoms with Crippen LogP contribution in [0.5, 0.6) is 0 Å². The number of rotatable bonds is 2. The first kappa shape index (κ1) is 9.40. The lowest BCUT2D eigenvalue weighted by molar-refractivity contribution is 1.55. The standard InChI is InChI=1S/C12H13N3/c13-9-6-10(14)8-12(7-9)15-11-4-2-1-3-5-11/h1-8,15H,13-14H2. The molecule has 3 nitrogen and oxygen atoms in total. The van der Waals surface area contributed by atoms with E-state index in [-0.39, 0.29) is 0 Å². The van der Waals surface area contributed by atoms with Gasteiger partial charge in [0, 0.05) is 22.7 Å². The number of anilines is 4. The van der Waals surface area contributed by atoms with Crippen LogP contribution in [0.3, 0.4) is 0 Å². The molecule has 3 heteroatoms. The summed E-state index contributed by atoms with van der Waals surface area (Å²) < 4.78 is 0. The van der Waals surface area contributed by atoms with E-state index in [0.717, 1.165) is 11.4 Å². The molecule has 0 bridgehead atoms. The van der Waals surface area contributed by atoms with Crippen molar-refractivity contribution < 1.29 is 0 Å². The summed E-state index contributed by atoms with van der Waals surface area (Å²) >= 11 is 0. The van der Waals surface area contributed by atoms with E-state index in [2.05, 4.69) is 5.32 Å². The van der Waals surface area contributed by atoms with Crippen molar-refractivity contribution in [2.24, 2.45) is 0 Å². The van der Waals surface area contributed by atoms with Crippen molar-refractivity contribution in [3.05, 3.63) is 48.5 Å². The number of nitrogen functional groups attached to an aromatic ring is 2. The smallest absolute Gasteiger partial charge is 0.0425 e. The first-order valence-electron chi connectivity index (χ1n) is 4.72. The van der Waals surface area contributed by atoms with Crippen molar-refractivity contribution in [3.63, 3.8) is 0 Å². The Labute approximate surface area is 88.7 Å². The third-order valence-electron chi connectivity index (χ3n) is 2.04. The van der Waals surface area contributed by atoms with Gasteiger partial charge in [0.15, 0.2) is 0 Å². The molecule has 2 rings (SSSR count). The first-order chi connectivity index (χ1) is 7.24. The molecule has 0 unspecified atom stereocenters. The van der Waals surface area contributed by atoms with Crippen molar-refractivity contribution in [2.75, 3.05) is 16.8 Å². The third kappa shape index (κ3) is 2.40. The van der Waals surface area contributed by atoms with Crippen LogP contribution in [0.15, 0.2) is 48.5 Å². The second-order valence-corrected chi connectivity index (χ2v) is 3.38. The average molecular weight is 199 g/mol. The summed E-state index contributed by atoms with van der Waals surface area (Å²) in [5, 5.41) is 3.23. The van der Waals surface area contributed by atoms with Gasteiger partial charge in [-0.2, -0.15) is 0 Å². The summed E-state index contributed by atoms with van der Waals surface area (Å²) in [7, 11) is 0. The third-order valence-corrected chi connectivity index (χ3v) is 2.04. The highest BCUT2D eigenvalue weighted by atomic mass is 14.9. The molecule has 0 spiro atoms. The number of hydrogen-bond donors (Lipinski definition) is 3. The van der Waals surface area contributed by atoms with Gasteiger partial charge < -0.3 is 16.8 Å². The fourth-order valence-electron chi connectivity index (χ4n) is 1.44. The van der Waals surface area contributed by atoms with E-state index in [4.69, 9.17) is 11.5 Å². The van der Waals surface area contributed by atoms with Gasteiger partial charge in [0.1, 0.15) is 0 Å². The summed E-state index contributed by atoms with van der Waals surface area (Å²) in [4.78, 5) is 0. The lowest BCUT2D eigenvalue weighted by Crippen LogP contribution is -1.95. The van der Waals surface area contributed by atoms with Crippen LogP contribution in [0, 0.1) is 0 Å². The molecule has 0 saturated heterocycles. The van der Waals surface area contributed by atoms with Gasteiger partial charge in [-0.25, -0.2) is 0 Å². The predicted octanol–water partition coefficient (Wildman–Crippen LogP) is 2.59. The number of hydrogen-bond acceptors (Lipinski definition) is 3. The molecule has 2 aromatic carbocycles. The molecule has 2 aromatic rings. The van der Waals surface area contributed by atoms with Gasteiger partial charge >= 0.3 is 0 Å². The van der Waals surface area contributed by atoms with Crippen LogP contribution in [-0.2, 0) is 0 Å². The first-order valence-corrected chi connectivity index (χ1v) is 4.72. The van der Waals surface area contributed by atoms with Crippen LogP contribution in [0.1, 0.15) is 0 Å². The second kappa shape index (κ2) is 3.92. The quantitative estimate of drug-likeness (QED) is 0.651. The fourth-order valence-corrected chi connectivity index (χ4v) is 1.44. The molecule has 0 amide bonds. The topological polar surface area (TPSA) is 64.1 Å². The number of nitrogens with two attached hydrogens (primary N) is 2. The molecule has 0 atom stereocenters. The average Bonchev–Trinajstić information content (AvgIpc) is 2.17. The van der Waals surface area contributed by atoms with E-state index >= 15 is 0 Å². The van der Waals surface area contributed by atoms with E-state index in [1.165, 1.54) is 0 Å². The summed E-state index contributed by atoms with van der Waals surface area (Å²) in [5.74, 6) is 0. The van der Waals surface area contributed by atoms with Crippen LogP contribution in [0.4, 0.5) is 22.7 Å². The molecule has 15 heavy (non-hydrogen) atoms. The highest BCUT2D eigenvalue weighted by Crippen LogP contribution is 2.21. The molecule has 76 valence electrons. The fraction of sp³-hybridized carbons (Fsp3) is 0. The van der Waals surface area contributed by atoms with E-state index < -0.39 is 0 Å². The Morgan fingerprint density at radius 3 is 1.93 bits per heavy atom. The van der Waals surface area contributed by atoms with Crippen LogP contribution in [-0.4, -0.2) is 0 Å². The minimum absolute atomic E-state index is 0.661. The maximum Gasteiger partial charge on any atom is 0.0425 e. The van der Waals surface area contributed by atoms with E-state index in [1.807, 2.05) is 42.5 Å². The highest BCUT2D eigenvalue weighted by molar-refractivity contribution is 5.69. The van der Waals surface area contributed by atoms with Gasteiger partial charge in [0.25, 0.3) is 0 Å². The summed E-state index contributed by atoms with van der Waals surface area (Å²) in [6, 6.07) is 15.3. The molecule has 5 N–H and O–H groups in total. The van der Waals surface area contributed by atoms with Crippen molar-refractivity contribution in [1.29, 1.82) is 0 Å². The Hall–Kier alpha value is -2.16. The zero-order valence-corrected chi connectivity index (χ0v) is 8.27. The van der Waals surface area contributed by atoms with Crippen LogP contribution in [0.25, 0.3) is 0 Å². The maximum absolute atomic E-state index is 5.69. The lowest BCUT2D eigenvalue weighted by atomic mass is 10.2. The minimum Gasteiger partial charge on any atom is -0.399 e. The van der Waals surface area contributed by atoms with Gasteiger partial charge in [-0.05, 0) is 30.3 Å². The van der Waals surface area contributed by atoms with E-state index in [9.17, 15) is 0 Å². The Balaban J connectivity index is 2.25. The van der Waals surface area contributed by atoms with Crippen LogP contribution < -0.4 is 16.8 Å². The highest BCUT2D eigenvalue weighted by Gasteiger charge is 1.96. The van der Waals surface area contributed by atoms with E-state index in [1.54, 1.807) is 6.07 Å². The zero-order valence-electron chi connectivity index (χ0n) is 8.27.